The molecule has 0 aliphatic carbocycles. The van der Waals surface area contributed by atoms with E-state index in [1.807, 2.05) is 0 Å². The first-order chi connectivity index (χ1) is 7.22. The third kappa shape index (κ3) is 3.18. The molecule has 1 aliphatic rings. The van der Waals surface area contributed by atoms with E-state index in [2.05, 4.69) is 6.92 Å². The first-order valence-corrected chi connectivity index (χ1v) is 5.49. The Morgan fingerprint density at radius 3 is 2.67 bits per heavy atom. The van der Waals surface area contributed by atoms with Crippen LogP contribution in [0.15, 0.2) is 0 Å². The van der Waals surface area contributed by atoms with Gasteiger partial charge in [0.1, 0.15) is 5.92 Å². The summed E-state index contributed by atoms with van der Waals surface area (Å²) in [6, 6.07) is 0. The highest BCUT2D eigenvalue weighted by Crippen LogP contribution is 2.28. The van der Waals surface area contributed by atoms with Gasteiger partial charge in [0.05, 0.1) is 13.2 Å². The average Bonchev–Trinajstić information content (AvgIpc) is 2.28. The van der Waals surface area contributed by atoms with Crippen LogP contribution >= 0.6 is 0 Å². The van der Waals surface area contributed by atoms with Crippen molar-refractivity contribution in [2.45, 2.75) is 45.0 Å². The van der Waals surface area contributed by atoms with Crippen molar-refractivity contribution in [1.29, 1.82) is 0 Å². The van der Waals surface area contributed by atoms with Crippen molar-refractivity contribution in [3.05, 3.63) is 0 Å². The third-order valence-electron chi connectivity index (χ3n) is 2.80. The zero-order valence-electron chi connectivity index (χ0n) is 9.69. The van der Waals surface area contributed by atoms with Crippen molar-refractivity contribution in [3.63, 3.8) is 0 Å². The first kappa shape index (κ1) is 12.5. The maximum Gasteiger partial charge on any atom is 0.313 e. The number of methoxy groups -OCH3 is 2. The van der Waals surface area contributed by atoms with Gasteiger partial charge in [-0.2, -0.15) is 0 Å². The van der Waals surface area contributed by atoms with Crippen molar-refractivity contribution < 1.29 is 19.0 Å². The van der Waals surface area contributed by atoms with Gasteiger partial charge in [0.15, 0.2) is 6.29 Å². The maximum absolute atomic E-state index is 11.4. The van der Waals surface area contributed by atoms with E-state index in [1.54, 1.807) is 7.11 Å². The predicted octanol–water partition coefficient (Wildman–Crippen LogP) is 1.73. The third-order valence-corrected chi connectivity index (χ3v) is 2.80. The van der Waals surface area contributed by atoms with Crippen LogP contribution in [0.4, 0.5) is 0 Å². The second kappa shape index (κ2) is 6.08. The summed E-state index contributed by atoms with van der Waals surface area (Å²) in [6.45, 7) is 2.12. The lowest BCUT2D eigenvalue weighted by Crippen LogP contribution is -2.40. The molecule has 0 spiro atoms. The highest BCUT2D eigenvalue weighted by atomic mass is 16.7. The van der Waals surface area contributed by atoms with Crippen LogP contribution in [0.1, 0.15) is 32.6 Å². The summed E-state index contributed by atoms with van der Waals surface area (Å²) in [5.74, 6) is -0.509. The molecule has 0 aromatic heterocycles. The molecule has 0 radical (unpaired) electrons. The topological polar surface area (TPSA) is 44.8 Å². The molecule has 4 nitrogen and oxygen atoms in total. The molecule has 4 heteroatoms. The zero-order valence-corrected chi connectivity index (χ0v) is 9.69. The second-order valence-corrected chi connectivity index (χ2v) is 3.86. The van der Waals surface area contributed by atoms with Crippen molar-refractivity contribution >= 4 is 5.97 Å². The number of ether oxygens (including phenoxy) is 3. The lowest BCUT2D eigenvalue weighted by Gasteiger charge is -2.33. The highest BCUT2D eigenvalue weighted by molar-refractivity contribution is 5.72. The predicted molar refractivity (Wildman–Crippen MR) is 55.3 cm³/mol. The average molecular weight is 216 g/mol. The van der Waals surface area contributed by atoms with Crippen molar-refractivity contribution in [2.75, 3.05) is 14.2 Å². The Morgan fingerprint density at radius 1 is 1.40 bits per heavy atom. The van der Waals surface area contributed by atoms with Crippen LogP contribution in [-0.2, 0) is 19.0 Å². The molecule has 3 atom stereocenters. The molecule has 1 heterocycles. The summed E-state index contributed by atoms with van der Waals surface area (Å²) < 4.78 is 15.6. The van der Waals surface area contributed by atoms with Crippen molar-refractivity contribution in [3.8, 4) is 0 Å². The van der Waals surface area contributed by atoms with Gasteiger partial charge >= 0.3 is 5.97 Å². The van der Waals surface area contributed by atoms with Crippen LogP contribution in [-0.4, -0.2) is 32.6 Å². The molecule has 1 fully saturated rings. The van der Waals surface area contributed by atoms with Gasteiger partial charge in [0, 0.05) is 7.11 Å². The number of rotatable bonds is 4. The van der Waals surface area contributed by atoms with Gasteiger partial charge < -0.3 is 14.2 Å². The Hall–Kier alpha value is -0.610. The Morgan fingerprint density at radius 2 is 2.13 bits per heavy atom. The molecule has 1 saturated heterocycles. The van der Waals surface area contributed by atoms with E-state index in [4.69, 9.17) is 14.2 Å². The van der Waals surface area contributed by atoms with Gasteiger partial charge in [-0.25, -0.2) is 0 Å². The fourth-order valence-corrected chi connectivity index (χ4v) is 1.99. The Bertz CT molecular complexity index is 205. The number of esters is 1. The van der Waals surface area contributed by atoms with Crippen LogP contribution in [0.25, 0.3) is 0 Å². The minimum absolute atomic E-state index is 0.223. The van der Waals surface area contributed by atoms with E-state index < -0.39 is 6.29 Å². The molecule has 0 amide bonds. The van der Waals surface area contributed by atoms with Gasteiger partial charge in [-0.15, -0.1) is 0 Å². The Balaban J connectivity index is 2.52. The number of carbonyl (C=O) groups is 1. The molecule has 0 saturated carbocycles. The molecule has 15 heavy (non-hydrogen) atoms. The number of hydrogen-bond acceptors (Lipinski definition) is 4. The Kier molecular flexibility index (Phi) is 5.05. The van der Waals surface area contributed by atoms with E-state index in [1.165, 1.54) is 7.11 Å². The molecule has 1 aliphatic heterocycles. The molecule has 3 unspecified atom stereocenters. The fourth-order valence-electron chi connectivity index (χ4n) is 1.99. The van der Waals surface area contributed by atoms with Gasteiger partial charge in [-0.1, -0.05) is 13.3 Å². The van der Waals surface area contributed by atoms with E-state index >= 15 is 0 Å². The normalized spacial score (nSPS) is 31.3. The summed E-state index contributed by atoms with van der Waals surface area (Å²) in [7, 11) is 2.96. The monoisotopic (exact) mass is 216 g/mol. The quantitative estimate of drug-likeness (QED) is 0.671. The van der Waals surface area contributed by atoms with Gasteiger partial charge in [-0.05, 0) is 19.3 Å². The van der Waals surface area contributed by atoms with E-state index in [0.29, 0.717) is 0 Å². The van der Waals surface area contributed by atoms with Crippen molar-refractivity contribution in [1.82, 2.24) is 0 Å². The minimum atomic E-state index is -0.442. The van der Waals surface area contributed by atoms with E-state index in [0.717, 1.165) is 25.7 Å². The SMILES string of the molecule is CCCC1CCC(C(=O)OC)C(OC)O1. The smallest absolute Gasteiger partial charge is 0.313 e. The molecular formula is C11H20O4. The summed E-state index contributed by atoms with van der Waals surface area (Å²) in [5.41, 5.74) is 0. The van der Waals surface area contributed by atoms with Gasteiger partial charge in [0.25, 0.3) is 0 Å². The van der Waals surface area contributed by atoms with Crippen LogP contribution in [0.3, 0.4) is 0 Å². The molecule has 0 bridgehead atoms. The zero-order chi connectivity index (χ0) is 11.3. The van der Waals surface area contributed by atoms with Crippen molar-refractivity contribution in [2.24, 2.45) is 5.92 Å². The summed E-state index contributed by atoms with van der Waals surface area (Å²) in [4.78, 5) is 11.4. The first-order valence-electron chi connectivity index (χ1n) is 5.49. The van der Waals surface area contributed by atoms with Gasteiger partial charge in [-0.3, -0.25) is 4.79 Å². The molecule has 0 aromatic rings. The minimum Gasteiger partial charge on any atom is -0.469 e. The molecule has 1 rings (SSSR count). The largest absolute Gasteiger partial charge is 0.469 e. The van der Waals surface area contributed by atoms with E-state index in [9.17, 15) is 4.79 Å². The van der Waals surface area contributed by atoms with E-state index in [-0.39, 0.29) is 18.0 Å². The Labute approximate surface area is 90.9 Å². The molecule has 0 aromatic carbocycles. The second-order valence-electron chi connectivity index (χ2n) is 3.86. The van der Waals surface area contributed by atoms with Crippen LogP contribution in [0.5, 0.6) is 0 Å². The lowest BCUT2D eigenvalue weighted by atomic mass is 9.95. The van der Waals surface area contributed by atoms with Gasteiger partial charge in [0.2, 0.25) is 0 Å². The maximum atomic E-state index is 11.4. The standard InChI is InChI=1S/C11H20O4/c1-4-5-8-6-7-9(10(12)13-2)11(14-3)15-8/h8-9,11H,4-7H2,1-3H3. The summed E-state index contributed by atoms with van der Waals surface area (Å²) >= 11 is 0. The number of carbonyl (C=O) groups excluding carboxylic acids is 1. The fraction of sp³-hybridized carbons (Fsp3) is 0.909. The van der Waals surface area contributed by atoms with Crippen LogP contribution in [0.2, 0.25) is 0 Å². The molecular weight excluding hydrogens is 196 g/mol. The summed E-state index contributed by atoms with van der Waals surface area (Å²) in [6.07, 6.45) is 3.59. The highest BCUT2D eigenvalue weighted by Gasteiger charge is 2.36. The summed E-state index contributed by atoms with van der Waals surface area (Å²) in [5, 5.41) is 0. The van der Waals surface area contributed by atoms with Crippen LogP contribution < -0.4 is 0 Å². The molecule has 0 N–H and O–H groups in total. The number of hydrogen-bond donors (Lipinski definition) is 0. The lowest BCUT2D eigenvalue weighted by molar-refractivity contribution is -0.218. The molecule has 88 valence electrons. The van der Waals surface area contributed by atoms with Crippen LogP contribution in [0, 0.1) is 5.92 Å².